The Labute approximate surface area is 135 Å². The predicted molar refractivity (Wildman–Crippen MR) is 95.1 cm³/mol. The van der Waals surface area contributed by atoms with Gasteiger partial charge in [-0.3, -0.25) is 4.90 Å². The molecule has 2 nitrogen and oxygen atoms in total. The number of likely N-dealkylation sites (tertiary alicyclic amines) is 2. The topological polar surface area (TPSA) is 6.48 Å². The maximum absolute atomic E-state index is 2.75. The van der Waals surface area contributed by atoms with E-state index in [4.69, 9.17) is 0 Å². The first-order valence-corrected chi connectivity index (χ1v) is 9.01. The first-order chi connectivity index (χ1) is 10.8. The van der Waals surface area contributed by atoms with Crippen LogP contribution in [0, 0.1) is 6.92 Å². The number of hydrogen-bond acceptors (Lipinski definition) is 2. The largest absolute Gasteiger partial charge is 0.300 e. The summed E-state index contributed by atoms with van der Waals surface area (Å²) in [7, 11) is 0. The fourth-order valence-electron chi connectivity index (χ4n) is 3.77. The minimum Gasteiger partial charge on any atom is -0.300 e. The van der Waals surface area contributed by atoms with Crippen LogP contribution in [0.2, 0.25) is 0 Å². The van der Waals surface area contributed by atoms with Crippen LogP contribution in [0.5, 0.6) is 0 Å². The zero-order chi connectivity index (χ0) is 15.2. The van der Waals surface area contributed by atoms with Crippen molar-refractivity contribution in [2.45, 2.75) is 45.1 Å². The summed E-state index contributed by atoms with van der Waals surface area (Å²) in [5, 5.41) is 0. The molecule has 0 bridgehead atoms. The van der Waals surface area contributed by atoms with E-state index < -0.39 is 0 Å². The average molecular weight is 298 g/mol. The van der Waals surface area contributed by atoms with Gasteiger partial charge in [0.2, 0.25) is 0 Å². The summed E-state index contributed by atoms with van der Waals surface area (Å²) in [6.45, 7) is 8.45. The van der Waals surface area contributed by atoms with Crippen molar-refractivity contribution in [1.82, 2.24) is 9.80 Å². The third kappa shape index (κ3) is 4.44. The van der Waals surface area contributed by atoms with Gasteiger partial charge in [0.05, 0.1) is 0 Å². The molecule has 0 saturated carbocycles. The maximum Gasteiger partial charge on any atom is 0.0166 e. The van der Waals surface area contributed by atoms with Crippen molar-refractivity contribution in [2.24, 2.45) is 0 Å². The monoisotopic (exact) mass is 298 g/mol. The van der Waals surface area contributed by atoms with Gasteiger partial charge in [-0.2, -0.15) is 0 Å². The Morgan fingerprint density at radius 2 is 1.64 bits per heavy atom. The van der Waals surface area contributed by atoms with E-state index in [0.29, 0.717) is 0 Å². The molecule has 2 aliphatic heterocycles. The van der Waals surface area contributed by atoms with Crippen molar-refractivity contribution in [3.05, 3.63) is 41.5 Å². The van der Waals surface area contributed by atoms with E-state index in [1.54, 1.807) is 0 Å². The van der Waals surface area contributed by atoms with Crippen molar-refractivity contribution < 1.29 is 0 Å². The van der Waals surface area contributed by atoms with Gasteiger partial charge in [-0.1, -0.05) is 48.4 Å². The summed E-state index contributed by atoms with van der Waals surface area (Å²) in [6, 6.07) is 9.63. The third-order valence-corrected chi connectivity index (χ3v) is 5.22. The van der Waals surface area contributed by atoms with Gasteiger partial charge in [-0.25, -0.2) is 0 Å². The number of nitrogens with zero attached hydrogens (tertiary/aromatic N) is 2. The van der Waals surface area contributed by atoms with Gasteiger partial charge in [-0.15, -0.1) is 0 Å². The lowest BCUT2D eigenvalue weighted by Gasteiger charge is -2.40. The molecule has 2 aliphatic rings. The quantitative estimate of drug-likeness (QED) is 0.830. The second kappa shape index (κ2) is 7.94. The molecular weight excluding hydrogens is 268 g/mol. The summed E-state index contributed by atoms with van der Waals surface area (Å²) >= 11 is 0. The zero-order valence-corrected chi connectivity index (χ0v) is 14.0. The van der Waals surface area contributed by atoms with E-state index in [-0.39, 0.29) is 0 Å². The minimum atomic E-state index is 0.859. The molecule has 2 saturated heterocycles. The van der Waals surface area contributed by atoms with Crippen LogP contribution in [0.25, 0.3) is 6.08 Å². The molecular formula is C20H30N2. The fourth-order valence-corrected chi connectivity index (χ4v) is 3.77. The molecule has 22 heavy (non-hydrogen) atoms. The molecule has 0 amide bonds. The Kier molecular flexibility index (Phi) is 5.69. The maximum atomic E-state index is 2.75. The van der Waals surface area contributed by atoms with Crippen LogP contribution in [0.15, 0.2) is 30.3 Å². The first-order valence-electron chi connectivity index (χ1n) is 9.01. The Balaban J connectivity index is 1.41. The summed E-state index contributed by atoms with van der Waals surface area (Å²) < 4.78 is 0. The van der Waals surface area contributed by atoms with E-state index in [2.05, 4.69) is 53.1 Å². The van der Waals surface area contributed by atoms with Gasteiger partial charge in [-0.05, 0) is 64.3 Å². The second-order valence-corrected chi connectivity index (χ2v) is 6.94. The molecule has 120 valence electrons. The summed E-state index contributed by atoms with van der Waals surface area (Å²) in [4.78, 5) is 5.36. The van der Waals surface area contributed by atoms with Crippen LogP contribution in [0.3, 0.4) is 0 Å². The third-order valence-electron chi connectivity index (χ3n) is 5.22. The number of hydrogen-bond donors (Lipinski definition) is 0. The molecule has 0 N–H and O–H groups in total. The first kappa shape index (κ1) is 15.8. The molecule has 0 unspecified atom stereocenters. The molecule has 0 aromatic heterocycles. The molecule has 1 aromatic rings. The number of rotatable bonds is 4. The van der Waals surface area contributed by atoms with Crippen LogP contribution >= 0.6 is 0 Å². The second-order valence-electron chi connectivity index (χ2n) is 6.94. The Morgan fingerprint density at radius 1 is 0.955 bits per heavy atom. The lowest BCUT2D eigenvalue weighted by Crippen LogP contribution is -2.46. The van der Waals surface area contributed by atoms with Crippen molar-refractivity contribution in [3.8, 4) is 0 Å². The van der Waals surface area contributed by atoms with E-state index in [9.17, 15) is 0 Å². The van der Waals surface area contributed by atoms with Crippen molar-refractivity contribution in [2.75, 3.05) is 32.7 Å². The molecule has 2 fully saturated rings. The highest BCUT2D eigenvalue weighted by Crippen LogP contribution is 2.20. The summed E-state index contributed by atoms with van der Waals surface area (Å²) in [5.41, 5.74) is 2.64. The molecule has 2 heterocycles. The van der Waals surface area contributed by atoms with E-state index in [0.717, 1.165) is 12.6 Å². The Morgan fingerprint density at radius 3 is 2.32 bits per heavy atom. The van der Waals surface area contributed by atoms with E-state index in [1.807, 2.05) is 0 Å². The SMILES string of the molecule is Cc1ccc(C=CCN2CCC(N3CCCCC3)CC2)cc1. The lowest BCUT2D eigenvalue weighted by atomic mass is 10.00. The average Bonchev–Trinajstić information content (AvgIpc) is 2.58. The van der Waals surface area contributed by atoms with E-state index >= 15 is 0 Å². The molecule has 3 rings (SSSR count). The fraction of sp³-hybridized carbons (Fsp3) is 0.600. The van der Waals surface area contributed by atoms with Crippen LogP contribution in [-0.2, 0) is 0 Å². The molecule has 0 aliphatic carbocycles. The minimum absolute atomic E-state index is 0.859. The lowest BCUT2D eigenvalue weighted by molar-refractivity contribution is 0.0975. The highest BCUT2D eigenvalue weighted by atomic mass is 15.2. The van der Waals surface area contributed by atoms with Crippen molar-refractivity contribution >= 4 is 6.08 Å². The van der Waals surface area contributed by atoms with Gasteiger partial charge < -0.3 is 4.90 Å². The number of piperidine rings is 2. The zero-order valence-electron chi connectivity index (χ0n) is 14.0. The van der Waals surface area contributed by atoms with Crippen LogP contribution in [-0.4, -0.2) is 48.6 Å². The number of benzene rings is 1. The number of aryl methyl sites for hydroxylation is 1. The molecule has 0 atom stereocenters. The molecule has 0 spiro atoms. The van der Waals surface area contributed by atoms with Gasteiger partial charge in [0.15, 0.2) is 0 Å². The molecule has 0 radical (unpaired) electrons. The highest BCUT2D eigenvalue weighted by molar-refractivity contribution is 5.49. The van der Waals surface area contributed by atoms with Crippen molar-refractivity contribution in [3.63, 3.8) is 0 Å². The summed E-state index contributed by atoms with van der Waals surface area (Å²) in [6.07, 6.45) is 11.6. The standard InChI is InChI=1S/C20H30N2/c1-18-7-9-19(10-8-18)6-5-13-21-16-11-20(12-17-21)22-14-3-2-4-15-22/h5-10,20H,2-4,11-17H2,1H3. The predicted octanol–water partition coefficient (Wildman–Crippen LogP) is 3.96. The Bertz CT molecular complexity index is 463. The van der Waals surface area contributed by atoms with Crippen LogP contribution in [0.4, 0.5) is 0 Å². The van der Waals surface area contributed by atoms with E-state index in [1.165, 1.54) is 69.4 Å². The molecule has 2 heteroatoms. The van der Waals surface area contributed by atoms with Crippen molar-refractivity contribution in [1.29, 1.82) is 0 Å². The van der Waals surface area contributed by atoms with Gasteiger partial charge in [0.1, 0.15) is 0 Å². The summed E-state index contributed by atoms with van der Waals surface area (Å²) in [5.74, 6) is 0. The van der Waals surface area contributed by atoms with Gasteiger partial charge in [0.25, 0.3) is 0 Å². The molecule has 1 aromatic carbocycles. The Hall–Kier alpha value is -1.12. The highest BCUT2D eigenvalue weighted by Gasteiger charge is 2.24. The van der Waals surface area contributed by atoms with Gasteiger partial charge >= 0.3 is 0 Å². The van der Waals surface area contributed by atoms with Gasteiger partial charge in [0, 0.05) is 12.6 Å². The smallest absolute Gasteiger partial charge is 0.0166 e. The van der Waals surface area contributed by atoms with Crippen LogP contribution in [0.1, 0.15) is 43.2 Å². The normalized spacial score (nSPS) is 22.4. The van der Waals surface area contributed by atoms with Crippen LogP contribution < -0.4 is 0 Å².